The molecule has 0 aliphatic heterocycles. The fraction of sp³-hybridized carbons (Fsp3) is 0.615. The van der Waals surface area contributed by atoms with Gasteiger partial charge in [-0.2, -0.15) is 0 Å². The number of nitrogens with two attached hydrogens (primary N) is 1. The van der Waals surface area contributed by atoms with E-state index in [0.29, 0.717) is 10.8 Å². The summed E-state index contributed by atoms with van der Waals surface area (Å²) in [5.74, 6) is 0.488. The fourth-order valence-electron chi connectivity index (χ4n) is 2.46. The minimum absolute atomic E-state index is 0.0382. The fourth-order valence-corrected chi connectivity index (χ4v) is 2.63. The Bertz CT molecular complexity index is 386. The number of hydrogen-bond acceptors (Lipinski definition) is 4. The van der Waals surface area contributed by atoms with Crippen LogP contribution in [0.5, 0.6) is 0 Å². The van der Waals surface area contributed by atoms with E-state index < -0.39 is 0 Å². The molecule has 1 unspecified atom stereocenters. The number of halogens is 1. The number of likely N-dealkylation sites (N-methyl/N-ethyl adjacent to an activating group) is 1. The molecule has 0 radical (unpaired) electrons. The second-order valence-corrected chi connectivity index (χ2v) is 4.76. The standard InChI is InChI=1S/C13H22ClN3O/c1-5-13(6-2,18-4)11(16-3)10-7-9(14)8-17-12(10)15/h7-8,11,16H,5-6H2,1-4H3,(H2,15,17). The van der Waals surface area contributed by atoms with E-state index >= 15 is 0 Å². The number of rotatable bonds is 6. The molecule has 4 nitrogen and oxygen atoms in total. The molecule has 0 bridgehead atoms. The van der Waals surface area contributed by atoms with Gasteiger partial charge in [-0.15, -0.1) is 0 Å². The van der Waals surface area contributed by atoms with Crippen LogP contribution in [-0.4, -0.2) is 24.7 Å². The number of nitrogen functional groups attached to an aromatic ring is 1. The van der Waals surface area contributed by atoms with Crippen LogP contribution in [0.15, 0.2) is 12.3 Å². The lowest BCUT2D eigenvalue weighted by atomic mass is 9.84. The molecule has 5 heteroatoms. The molecule has 1 aromatic rings. The smallest absolute Gasteiger partial charge is 0.128 e. The lowest BCUT2D eigenvalue weighted by Gasteiger charge is -2.38. The zero-order valence-corrected chi connectivity index (χ0v) is 12.2. The molecule has 1 rings (SSSR count). The third kappa shape index (κ3) is 2.76. The maximum absolute atomic E-state index is 6.01. The SMILES string of the molecule is CCC(CC)(OC)C(NC)c1cc(Cl)cnc1N. The number of ether oxygens (including phenoxy) is 1. The monoisotopic (exact) mass is 271 g/mol. The van der Waals surface area contributed by atoms with Crippen LogP contribution in [0.3, 0.4) is 0 Å². The number of anilines is 1. The quantitative estimate of drug-likeness (QED) is 0.835. The zero-order chi connectivity index (χ0) is 13.8. The van der Waals surface area contributed by atoms with Crippen LogP contribution in [0.4, 0.5) is 5.82 Å². The number of methoxy groups -OCH3 is 1. The van der Waals surface area contributed by atoms with Crippen molar-refractivity contribution in [3.8, 4) is 0 Å². The minimum atomic E-state index is -0.310. The van der Waals surface area contributed by atoms with E-state index in [4.69, 9.17) is 22.1 Å². The summed E-state index contributed by atoms with van der Waals surface area (Å²) < 4.78 is 5.75. The van der Waals surface area contributed by atoms with Gasteiger partial charge in [-0.05, 0) is 26.0 Å². The van der Waals surface area contributed by atoms with Gasteiger partial charge in [0.25, 0.3) is 0 Å². The van der Waals surface area contributed by atoms with Gasteiger partial charge in [0.15, 0.2) is 0 Å². The molecule has 0 aliphatic carbocycles. The number of nitrogens with zero attached hydrogens (tertiary/aromatic N) is 1. The number of pyridine rings is 1. The van der Waals surface area contributed by atoms with Crippen molar-refractivity contribution in [2.75, 3.05) is 19.9 Å². The number of aromatic nitrogens is 1. The van der Waals surface area contributed by atoms with E-state index in [1.807, 2.05) is 13.1 Å². The first-order valence-electron chi connectivity index (χ1n) is 6.18. The van der Waals surface area contributed by atoms with Gasteiger partial charge >= 0.3 is 0 Å². The summed E-state index contributed by atoms with van der Waals surface area (Å²) in [6.45, 7) is 4.21. The summed E-state index contributed by atoms with van der Waals surface area (Å²) >= 11 is 6.01. The van der Waals surface area contributed by atoms with Crippen molar-refractivity contribution in [1.82, 2.24) is 10.3 Å². The predicted molar refractivity (Wildman–Crippen MR) is 75.8 cm³/mol. The first-order chi connectivity index (χ1) is 8.54. The average molecular weight is 272 g/mol. The van der Waals surface area contributed by atoms with Crippen LogP contribution in [0, 0.1) is 0 Å². The van der Waals surface area contributed by atoms with Crippen LogP contribution in [-0.2, 0) is 4.74 Å². The summed E-state index contributed by atoms with van der Waals surface area (Å²) in [7, 11) is 3.62. The summed E-state index contributed by atoms with van der Waals surface area (Å²) in [6.07, 6.45) is 3.30. The average Bonchev–Trinajstić information content (AvgIpc) is 2.39. The molecule has 18 heavy (non-hydrogen) atoms. The number of nitrogens with one attached hydrogen (secondary N) is 1. The van der Waals surface area contributed by atoms with Crippen molar-refractivity contribution in [2.24, 2.45) is 0 Å². The van der Waals surface area contributed by atoms with Gasteiger partial charge in [-0.25, -0.2) is 4.98 Å². The van der Waals surface area contributed by atoms with Crippen LogP contribution >= 0.6 is 11.6 Å². The molecule has 1 aromatic heterocycles. The highest BCUT2D eigenvalue weighted by molar-refractivity contribution is 6.30. The molecule has 1 heterocycles. The van der Waals surface area contributed by atoms with Crippen molar-refractivity contribution in [3.63, 3.8) is 0 Å². The van der Waals surface area contributed by atoms with Gasteiger partial charge in [-0.1, -0.05) is 25.4 Å². The largest absolute Gasteiger partial charge is 0.383 e. The molecule has 0 spiro atoms. The van der Waals surface area contributed by atoms with Crippen LogP contribution < -0.4 is 11.1 Å². The molecule has 0 saturated carbocycles. The van der Waals surface area contributed by atoms with Crippen molar-refractivity contribution in [2.45, 2.75) is 38.3 Å². The second kappa shape index (κ2) is 6.36. The van der Waals surface area contributed by atoms with E-state index in [2.05, 4.69) is 24.1 Å². The third-order valence-corrected chi connectivity index (χ3v) is 3.85. The summed E-state index contributed by atoms with van der Waals surface area (Å²) in [6, 6.07) is 1.81. The van der Waals surface area contributed by atoms with Crippen molar-refractivity contribution < 1.29 is 4.74 Å². The Balaban J connectivity index is 3.27. The zero-order valence-electron chi connectivity index (χ0n) is 11.5. The van der Waals surface area contributed by atoms with Crippen LogP contribution in [0.1, 0.15) is 38.3 Å². The Hall–Kier alpha value is -0.840. The Morgan fingerprint density at radius 1 is 1.50 bits per heavy atom. The van der Waals surface area contributed by atoms with E-state index in [9.17, 15) is 0 Å². The maximum Gasteiger partial charge on any atom is 0.128 e. The molecule has 3 N–H and O–H groups in total. The molecular formula is C13H22ClN3O. The maximum atomic E-state index is 6.01. The Morgan fingerprint density at radius 3 is 2.56 bits per heavy atom. The van der Waals surface area contributed by atoms with Crippen molar-refractivity contribution >= 4 is 17.4 Å². The Kier molecular flexibility index (Phi) is 5.38. The van der Waals surface area contributed by atoms with Crippen molar-refractivity contribution in [1.29, 1.82) is 0 Å². The lowest BCUT2D eigenvalue weighted by molar-refractivity contribution is -0.0466. The molecule has 0 fully saturated rings. The predicted octanol–water partition coefficient (Wildman–Crippen LogP) is 2.78. The molecule has 0 aromatic carbocycles. The second-order valence-electron chi connectivity index (χ2n) is 4.33. The summed E-state index contributed by atoms with van der Waals surface area (Å²) in [4.78, 5) is 4.11. The summed E-state index contributed by atoms with van der Waals surface area (Å²) in [5, 5.41) is 3.86. The first-order valence-corrected chi connectivity index (χ1v) is 6.55. The Labute approximate surface area is 114 Å². The topological polar surface area (TPSA) is 60.2 Å². The van der Waals surface area contributed by atoms with E-state index in [0.717, 1.165) is 18.4 Å². The number of hydrogen-bond donors (Lipinski definition) is 2. The lowest BCUT2D eigenvalue weighted by Crippen LogP contribution is -2.44. The molecule has 0 aliphatic rings. The van der Waals surface area contributed by atoms with E-state index in [1.54, 1.807) is 13.3 Å². The van der Waals surface area contributed by atoms with Gasteiger partial charge in [0.2, 0.25) is 0 Å². The molecule has 102 valence electrons. The third-order valence-electron chi connectivity index (χ3n) is 3.65. The van der Waals surface area contributed by atoms with Gasteiger partial charge in [0, 0.05) is 18.9 Å². The van der Waals surface area contributed by atoms with Gasteiger partial charge in [0.1, 0.15) is 5.82 Å². The van der Waals surface area contributed by atoms with E-state index in [1.165, 1.54) is 0 Å². The highest BCUT2D eigenvalue weighted by Gasteiger charge is 2.37. The van der Waals surface area contributed by atoms with Crippen LogP contribution in [0.25, 0.3) is 0 Å². The van der Waals surface area contributed by atoms with E-state index in [-0.39, 0.29) is 11.6 Å². The minimum Gasteiger partial charge on any atom is -0.383 e. The molecule has 0 amide bonds. The molecule has 1 atom stereocenters. The van der Waals surface area contributed by atoms with Gasteiger partial charge in [0.05, 0.1) is 16.7 Å². The molecule has 0 saturated heterocycles. The van der Waals surface area contributed by atoms with Crippen molar-refractivity contribution in [3.05, 3.63) is 22.8 Å². The van der Waals surface area contributed by atoms with Crippen LogP contribution in [0.2, 0.25) is 5.02 Å². The highest BCUT2D eigenvalue weighted by atomic mass is 35.5. The Morgan fingerprint density at radius 2 is 2.11 bits per heavy atom. The normalized spacial score (nSPS) is 13.6. The molecular weight excluding hydrogens is 250 g/mol. The van der Waals surface area contributed by atoms with Gasteiger partial charge < -0.3 is 15.8 Å². The summed E-state index contributed by atoms with van der Waals surface area (Å²) in [5.41, 5.74) is 6.54. The van der Waals surface area contributed by atoms with Gasteiger partial charge in [-0.3, -0.25) is 0 Å². The first kappa shape index (κ1) is 15.2. The highest BCUT2D eigenvalue weighted by Crippen LogP contribution is 2.37.